The summed E-state index contributed by atoms with van der Waals surface area (Å²) in [6, 6.07) is 0. The molecule has 0 bridgehead atoms. The molecule has 0 amide bonds. The molecule has 0 aromatic heterocycles. The van der Waals surface area contributed by atoms with Crippen molar-refractivity contribution in [1.82, 2.24) is 0 Å². The standard InChI is InChI=1S/C5H7ClO2S/c1-5(2)3(6)8-4(7)9-5/h3H,1-2H3. The van der Waals surface area contributed by atoms with E-state index in [-0.39, 0.29) is 10.0 Å². The first-order chi connectivity index (χ1) is 4.02. The number of hydrogen-bond donors (Lipinski definition) is 0. The van der Waals surface area contributed by atoms with E-state index in [1.165, 1.54) is 0 Å². The van der Waals surface area contributed by atoms with Crippen molar-refractivity contribution in [3.63, 3.8) is 0 Å². The summed E-state index contributed by atoms with van der Waals surface area (Å²) in [4.78, 5) is 10.5. The lowest BCUT2D eigenvalue weighted by molar-refractivity contribution is 0.160. The molecule has 1 atom stereocenters. The SMILES string of the molecule is CC1(C)SC(=O)OC1Cl. The van der Waals surface area contributed by atoms with Crippen LogP contribution >= 0.6 is 23.4 Å². The van der Waals surface area contributed by atoms with Gasteiger partial charge in [0.15, 0.2) is 5.56 Å². The second-order valence-electron chi connectivity index (χ2n) is 2.39. The monoisotopic (exact) mass is 166 g/mol. The Labute approximate surface area is 62.9 Å². The fraction of sp³-hybridized carbons (Fsp3) is 0.800. The van der Waals surface area contributed by atoms with Gasteiger partial charge in [-0.3, -0.25) is 0 Å². The molecule has 0 aliphatic carbocycles. The lowest BCUT2D eigenvalue weighted by Crippen LogP contribution is -2.22. The van der Waals surface area contributed by atoms with Crippen molar-refractivity contribution in [2.45, 2.75) is 24.2 Å². The topological polar surface area (TPSA) is 26.3 Å². The summed E-state index contributed by atoms with van der Waals surface area (Å²) in [5.41, 5.74) is -0.477. The molecular formula is C5H7ClO2S. The van der Waals surface area contributed by atoms with Crippen LogP contribution in [0.5, 0.6) is 0 Å². The van der Waals surface area contributed by atoms with Crippen molar-refractivity contribution < 1.29 is 9.53 Å². The average molecular weight is 167 g/mol. The molecule has 0 spiro atoms. The number of rotatable bonds is 0. The van der Waals surface area contributed by atoms with Gasteiger partial charge in [0.2, 0.25) is 0 Å². The number of halogens is 1. The number of hydrogen-bond acceptors (Lipinski definition) is 3. The first-order valence-corrected chi connectivity index (χ1v) is 3.81. The zero-order valence-corrected chi connectivity index (χ0v) is 6.75. The number of thioether (sulfide) groups is 1. The Morgan fingerprint density at radius 1 is 1.78 bits per heavy atom. The van der Waals surface area contributed by atoms with Crippen molar-refractivity contribution in [1.29, 1.82) is 0 Å². The summed E-state index contributed by atoms with van der Waals surface area (Å²) in [7, 11) is 0. The number of carbonyl (C=O) groups is 1. The first kappa shape index (κ1) is 7.22. The molecule has 1 rings (SSSR count). The van der Waals surface area contributed by atoms with Crippen LogP contribution in [0, 0.1) is 0 Å². The van der Waals surface area contributed by atoms with E-state index >= 15 is 0 Å². The van der Waals surface area contributed by atoms with Gasteiger partial charge in [-0.15, -0.1) is 0 Å². The quantitative estimate of drug-likeness (QED) is 0.408. The van der Waals surface area contributed by atoms with E-state index in [1.807, 2.05) is 13.8 Å². The van der Waals surface area contributed by atoms with Gasteiger partial charge in [0, 0.05) is 0 Å². The van der Waals surface area contributed by atoms with E-state index in [4.69, 9.17) is 11.6 Å². The van der Waals surface area contributed by atoms with Crippen molar-refractivity contribution >= 4 is 28.7 Å². The molecule has 0 aromatic carbocycles. The van der Waals surface area contributed by atoms with Gasteiger partial charge in [0.25, 0.3) is 0 Å². The van der Waals surface area contributed by atoms with Crippen molar-refractivity contribution in [3.05, 3.63) is 0 Å². The third-order valence-electron chi connectivity index (χ3n) is 1.09. The maximum atomic E-state index is 10.5. The number of alkyl halides is 1. The molecule has 1 aliphatic heterocycles. The molecule has 0 radical (unpaired) electrons. The molecule has 9 heavy (non-hydrogen) atoms. The van der Waals surface area contributed by atoms with Crippen LogP contribution < -0.4 is 0 Å². The van der Waals surface area contributed by atoms with Gasteiger partial charge in [-0.2, -0.15) is 0 Å². The Hall–Kier alpha value is 0.110. The Morgan fingerprint density at radius 3 is 2.44 bits per heavy atom. The van der Waals surface area contributed by atoms with E-state index in [0.29, 0.717) is 0 Å². The average Bonchev–Trinajstić information content (AvgIpc) is 1.79. The number of ether oxygens (including phenoxy) is 1. The molecule has 1 unspecified atom stereocenters. The minimum atomic E-state index is -0.477. The summed E-state index contributed by atoms with van der Waals surface area (Å²) < 4.78 is 4.40. The van der Waals surface area contributed by atoms with Gasteiger partial charge in [0.05, 0.1) is 4.75 Å². The number of cyclic esters (lactones) is 1. The van der Waals surface area contributed by atoms with Crippen molar-refractivity contribution in [2.24, 2.45) is 0 Å². The molecule has 1 heterocycles. The van der Waals surface area contributed by atoms with Gasteiger partial charge < -0.3 is 4.74 Å². The molecular weight excluding hydrogens is 160 g/mol. The molecule has 0 N–H and O–H groups in total. The third-order valence-corrected chi connectivity index (χ3v) is 2.86. The largest absolute Gasteiger partial charge is 0.436 e. The smallest absolute Gasteiger partial charge is 0.369 e. The molecule has 0 aromatic rings. The van der Waals surface area contributed by atoms with Crippen LogP contribution in [0.1, 0.15) is 13.8 Å². The van der Waals surface area contributed by atoms with E-state index in [0.717, 1.165) is 11.8 Å². The Balaban J connectivity index is 2.69. The van der Waals surface area contributed by atoms with Crippen LogP contribution in [0.3, 0.4) is 0 Å². The molecule has 1 saturated heterocycles. The van der Waals surface area contributed by atoms with Crippen LogP contribution in [0.15, 0.2) is 0 Å². The second-order valence-corrected chi connectivity index (χ2v) is 4.38. The zero-order valence-electron chi connectivity index (χ0n) is 5.18. The minimum absolute atomic E-state index is 0.265. The van der Waals surface area contributed by atoms with Crippen molar-refractivity contribution in [2.75, 3.05) is 0 Å². The zero-order chi connectivity index (χ0) is 7.07. The molecule has 0 saturated carbocycles. The lowest BCUT2D eigenvalue weighted by Gasteiger charge is -2.14. The van der Waals surface area contributed by atoms with Crippen LogP contribution in [-0.2, 0) is 4.74 Å². The molecule has 2 nitrogen and oxygen atoms in total. The predicted octanol–water partition coefficient (Wildman–Crippen LogP) is 2.21. The van der Waals surface area contributed by atoms with E-state index in [9.17, 15) is 4.79 Å². The summed E-state index contributed by atoms with van der Waals surface area (Å²) >= 11 is 6.77. The highest BCUT2D eigenvalue weighted by atomic mass is 35.5. The minimum Gasteiger partial charge on any atom is -0.436 e. The van der Waals surface area contributed by atoms with Crippen molar-refractivity contribution in [3.8, 4) is 0 Å². The van der Waals surface area contributed by atoms with Crippen LogP contribution in [-0.4, -0.2) is 15.6 Å². The third kappa shape index (κ3) is 1.33. The molecule has 4 heteroatoms. The van der Waals surface area contributed by atoms with Gasteiger partial charge in [-0.25, -0.2) is 4.79 Å². The van der Waals surface area contributed by atoms with Gasteiger partial charge >= 0.3 is 5.30 Å². The fourth-order valence-corrected chi connectivity index (χ4v) is 1.49. The summed E-state index contributed by atoms with van der Waals surface area (Å²) in [6.07, 6.45) is 0. The van der Waals surface area contributed by atoms with Crippen LogP contribution in [0.25, 0.3) is 0 Å². The summed E-state index contributed by atoms with van der Waals surface area (Å²) in [5, 5.41) is -0.278. The highest BCUT2D eigenvalue weighted by molar-refractivity contribution is 8.14. The van der Waals surface area contributed by atoms with Gasteiger partial charge in [0.1, 0.15) is 0 Å². The number of carbonyl (C=O) groups excluding carboxylic acids is 1. The maximum absolute atomic E-state index is 10.5. The van der Waals surface area contributed by atoms with Gasteiger partial charge in [-0.1, -0.05) is 11.6 Å². The highest BCUT2D eigenvalue weighted by Crippen LogP contribution is 2.40. The van der Waals surface area contributed by atoms with Crippen LogP contribution in [0.4, 0.5) is 4.79 Å². The predicted molar refractivity (Wildman–Crippen MR) is 37.8 cm³/mol. The second kappa shape index (κ2) is 2.06. The summed E-state index contributed by atoms with van der Waals surface area (Å²) in [5.74, 6) is 0. The normalized spacial score (nSPS) is 32.3. The molecule has 52 valence electrons. The van der Waals surface area contributed by atoms with E-state index < -0.39 is 5.56 Å². The fourth-order valence-electron chi connectivity index (χ4n) is 0.512. The first-order valence-electron chi connectivity index (χ1n) is 2.56. The van der Waals surface area contributed by atoms with E-state index in [1.54, 1.807) is 0 Å². The highest BCUT2D eigenvalue weighted by Gasteiger charge is 2.41. The lowest BCUT2D eigenvalue weighted by atomic mass is 10.2. The summed E-state index contributed by atoms with van der Waals surface area (Å²) in [6.45, 7) is 3.75. The molecule has 1 aliphatic rings. The Morgan fingerprint density at radius 2 is 2.33 bits per heavy atom. The van der Waals surface area contributed by atoms with E-state index in [2.05, 4.69) is 4.74 Å². The van der Waals surface area contributed by atoms with Crippen LogP contribution in [0.2, 0.25) is 0 Å². The maximum Gasteiger partial charge on any atom is 0.369 e. The molecule has 1 fully saturated rings. The Bertz CT molecular complexity index is 146. The van der Waals surface area contributed by atoms with Gasteiger partial charge in [-0.05, 0) is 25.6 Å². The Kier molecular flexibility index (Phi) is 1.65.